The number of carbonyl (C=O) groups is 1. The number of ether oxygens (including phenoxy) is 3. The van der Waals surface area contributed by atoms with Gasteiger partial charge in [0.2, 0.25) is 6.79 Å². The van der Waals surface area contributed by atoms with Crippen LogP contribution >= 0.6 is 0 Å². The van der Waals surface area contributed by atoms with Crippen molar-refractivity contribution in [2.24, 2.45) is 0 Å². The fraction of sp³-hybridized carbons (Fsp3) is 0.231. The molecule has 0 spiro atoms. The Labute approximate surface area is 113 Å². The Morgan fingerprint density at radius 3 is 2.80 bits per heavy atom. The van der Waals surface area contributed by atoms with Crippen molar-refractivity contribution in [2.75, 3.05) is 13.4 Å². The van der Waals surface area contributed by atoms with Gasteiger partial charge in [0.15, 0.2) is 11.5 Å². The molecule has 7 heteroatoms. The van der Waals surface area contributed by atoms with Crippen molar-refractivity contribution in [3.63, 3.8) is 0 Å². The zero-order valence-corrected chi connectivity index (χ0v) is 10.6. The number of aromatic nitrogens is 1. The number of pyridine rings is 1. The number of hydrogen-bond donors (Lipinski definition) is 1. The number of fused-ring (bicyclic) bond motifs is 2. The molecular weight excluding hydrogens is 264 g/mol. The highest BCUT2D eigenvalue weighted by Crippen LogP contribution is 2.35. The molecule has 0 aliphatic carbocycles. The van der Waals surface area contributed by atoms with Gasteiger partial charge in [-0.25, -0.2) is 4.79 Å². The molecule has 20 heavy (non-hydrogen) atoms. The van der Waals surface area contributed by atoms with E-state index in [4.69, 9.17) is 19.6 Å². The van der Waals surface area contributed by atoms with Crippen LogP contribution in [0, 0.1) is 10.6 Å². The Morgan fingerprint density at radius 1 is 1.40 bits per heavy atom. The third kappa shape index (κ3) is 1.75. The first-order chi connectivity index (χ1) is 9.61. The summed E-state index contributed by atoms with van der Waals surface area (Å²) in [4.78, 5) is 11.7. The maximum Gasteiger partial charge on any atom is 0.341 e. The van der Waals surface area contributed by atoms with Gasteiger partial charge in [0, 0.05) is 17.0 Å². The van der Waals surface area contributed by atoms with Gasteiger partial charge in [0.1, 0.15) is 11.1 Å². The molecule has 0 saturated heterocycles. The number of esters is 1. The molecule has 1 N–H and O–H groups in total. The Morgan fingerprint density at radius 2 is 2.10 bits per heavy atom. The number of benzene rings is 1. The summed E-state index contributed by atoms with van der Waals surface area (Å²) in [6, 6.07) is 4.55. The van der Waals surface area contributed by atoms with Crippen molar-refractivity contribution in [1.82, 2.24) is 4.73 Å². The Bertz CT molecular complexity index is 765. The third-order valence-corrected chi connectivity index (χ3v) is 2.99. The van der Waals surface area contributed by atoms with E-state index in [1.54, 1.807) is 13.0 Å². The van der Waals surface area contributed by atoms with Crippen LogP contribution in [0.5, 0.6) is 11.5 Å². The van der Waals surface area contributed by atoms with Gasteiger partial charge in [0.05, 0.1) is 6.61 Å². The first-order valence-electron chi connectivity index (χ1n) is 6.00. The molecule has 1 aromatic heterocycles. The molecule has 2 aromatic rings. The lowest BCUT2D eigenvalue weighted by Crippen LogP contribution is -2.25. The fourth-order valence-corrected chi connectivity index (χ4v) is 2.06. The van der Waals surface area contributed by atoms with Crippen molar-refractivity contribution in [1.29, 1.82) is 5.41 Å². The molecule has 104 valence electrons. The van der Waals surface area contributed by atoms with Gasteiger partial charge in [-0.05, 0) is 19.1 Å². The highest BCUT2D eigenvalue weighted by atomic mass is 16.7. The van der Waals surface area contributed by atoms with Crippen LogP contribution in [-0.4, -0.2) is 24.1 Å². The predicted molar refractivity (Wildman–Crippen MR) is 68.6 cm³/mol. The molecular formula is C13H11N2O5-. The first kappa shape index (κ1) is 12.3. The van der Waals surface area contributed by atoms with Crippen LogP contribution in [0.3, 0.4) is 0 Å². The lowest BCUT2D eigenvalue weighted by Gasteiger charge is -2.17. The maximum absolute atomic E-state index is 12.1. The van der Waals surface area contributed by atoms with Crippen molar-refractivity contribution >= 4 is 16.9 Å². The molecule has 1 aromatic carbocycles. The van der Waals surface area contributed by atoms with Gasteiger partial charge in [-0.2, -0.15) is 0 Å². The van der Waals surface area contributed by atoms with Crippen LogP contribution in [0.25, 0.3) is 10.9 Å². The number of nitrogens with one attached hydrogen (secondary N) is 1. The van der Waals surface area contributed by atoms with E-state index >= 15 is 0 Å². The predicted octanol–water partition coefficient (Wildman–Crippen LogP) is 1.37. The summed E-state index contributed by atoms with van der Waals surface area (Å²) in [5.74, 6) is 0.261. The summed E-state index contributed by atoms with van der Waals surface area (Å²) in [5, 5.41) is 20.3. The SMILES string of the molecule is CCOC(=O)c1cc2cc3c(cc2n([O-])c1=N)OCO3. The minimum Gasteiger partial charge on any atom is -0.804 e. The smallest absolute Gasteiger partial charge is 0.341 e. The zero-order chi connectivity index (χ0) is 14.3. The number of carbonyl (C=O) groups excluding carboxylic acids is 1. The highest BCUT2D eigenvalue weighted by Gasteiger charge is 2.17. The Balaban J connectivity index is 2.25. The monoisotopic (exact) mass is 275 g/mol. The summed E-state index contributed by atoms with van der Waals surface area (Å²) in [6.07, 6.45) is 0. The molecule has 3 rings (SSSR count). The van der Waals surface area contributed by atoms with Gasteiger partial charge >= 0.3 is 5.97 Å². The molecule has 2 heterocycles. The Kier molecular flexibility index (Phi) is 2.74. The molecule has 7 nitrogen and oxygen atoms in total. The second-order valence-corrected chi connectivity index (χ2v) is 4.19. The van der Waals surface area contributed by atoms with E-state index in [1.807, 2.05) is 0 Å². The lowest BCUT2D eigenvalue weighted by molar-refractivity contribution is 0.0523. The van der Waals surface area contributed by atoms with E-state index in [9.17, 15) is 10.0 Å². The summed E-state index contributed by atoms with van der Waals surface area (Å²) in [7, 11) is 0. The molecule has 0 radical (unpaired) electrons. The molecule has 0 unspecified atom stereocenters. The molecule has 0 fully saturated rings. The van der Waals surface area contributed by atoms with Crippen LogP contribution in [0.2, 0.25) is 0 Å². The normalized spacial score (nSPS) is 12.7. The average Bonchev–Trinajstić information content (AvgIpc) is 2.88. The number of hydrogen-bond acceptors (Lipinski definition) is 6. The topological polar surface area (TPSA) is 96.6 Å². The van der Waals surface area contributed by atoms with E-state index in [1.165, 1.54) is 12.1 Å². The van der Waals surface area contributed by atoms with Crippen LogP contribution in [0.4, 0.5) is 0 Å². The van der Waals surface area contributed by atoms with Gasteiger partial charge in [-0.1, -0.05) is 0 Å². The summed E-state index contributed by atoms with van der Waals surface area (Å²) < 4.78 is 15.6. The van der Waals surface area contributed by atoms with Crippen LogP contribution in [-0.2, 0) is 4.74 Å². The maximum atomic E-state index is 12.1. The van der Waals surface area contributed by atoms with Crippen molar-refractivity contribution in [3.8, 4) is 11.5 Å². The van der Waals surface area contributed by atoms with Crippen molar-refractivity contribution in [2.45, 2.75) is 6.92 Å². The van der Waals surface area contributed by atoms with E-state index in [0.717, 1.165) is 0 Å². The minimum atomic E-state index is -0.693. The summed E-state index contributed by atoms with van der Waals surface area (Å²) >= 11 is 0. The standard InChI is InChI=1S/C13H11N2O5/c1-2-18-13(16)8-3-7-4-10-11(20-6-19-10)5-9(7)15(17)12(8)14/h3-5,14H,2,6H2,1H3/q-1. The third-order valence-electron chi connectivity index (χ3n) is 2.99. The van der Waals surface area contributed by atoms with E-state index in [0.29, 0.717) is 21.6 Å². The van der Waals surface area contributed by atoms with Gasteiger partial charge in [-0.15, -0.1) is 0 Å². The Hall–Kier alpha value is -2.70. The molecule has 1 aliphatic heterocycles. The molecule has 0 amide bonds. The average molecular weight is 275 g/mol. The second-order valence-electron chi connectivity index (χ2n) is 4.19. The van der Waals surface area contributed by atoms with Crippen molar-refractivity contribution in [3.05, 3.63) is 34.5 Å². The minimum absolute atomic E-state index is 0.0757. The van der Waals surface area contributed by atoms with E-state index in [2.05, 4.69) is 0 Å². The van der Waals surface area contributed by atoms with Gasteiger partial charge in [0.25, 0.3) is 0 Å². The van der Waals surface area contributed by atoms with Gasteiger partial charge in [-0.3, -0.25) is 5.41 Å². The highest BCUT2D eigenvalue weighted by molar-refractivity contribution is 5.94. The number of nitrogens with zero attached hydrogens (tertiary/aromatic N) is 1. The van der Waals surface area contributed by atoms with Gasteiger partial charge < -0.3 is 24.1 Å². The second kappa shape index (κ2) is 4.44. The van der Waals surface area contributed by atoms with E-state index in [-0.39, 0.29) is 24.5 Å². The zero-order valence-electron chi connectivity index (χ0n) is 10.6. The molecule has 1 aliphatic rings. The molecule has 0 bridgehead atoms. The van der Waals surface area contributed by atoms with Crippen molar-refractivity contribution < 1.29 is 19.0 Å². The lowest BCUT2D eigenvalue weighted by atomic mass is 10.1. The largest absolute Gasteiger partial charge is 0.804 e. The summed E-state index contributed by atoms with van der Waals surface area (Å²) in [6.45, 7) is 1.92. The van der Waals surface area contributed by atoms with Crippen LogP contribution < -0.4 is 15.0 Å². The molecule has 0 atom stereocenters. The van der Waals surface area contributed by atoms with Crippen LogP contribution in [0.15, 0.2) is 18.2 Å². The summed E-state index contributed by atoms with van der Waals surface area (Å²) in [5.41, 5.74) is -0.282. The van der Waals surface area contributed by atoms with Crippen LogP contribution in [0.1, 0.15) is 17.3 Å². The molecule has 0 saturated carbocycles. The number of rotatable bonds is 2. The quantitative estimate of drug-likeness (QED) is 0.835. The van der Waals surface area contributed by atoms with E-state index < -0.39 is 11.5 Å². The first-order valence-corrected chi connectivity index (χ1v) is 6.00. The fourth-order valence-electron chi connectivity index (χ4n) is 2.06.